The highest BCUT2D eigenvalue weighted by Gasteiger charge is 1.94. The Morgan fingerprint density at radius 3 is 1.43 bits per heavy atom. The van der Waals surface area contributed by atoms with Gasteiger partial charge in [0.2, 0.25) is 0 Å². The Morgan fingerprint density at radius 2 is 1.43 bits per heavy atom. The van der Waals surface area contributed by atoms with Crippen LogP contribution >= 0.6 is 23.2 Å². The molecule has 0 atom stereocenters. The lowest BCUT2D eigenvalue weighted by atomic mass is 11.0. The van der Waals surface area contributed by atoms with Crippen molar-refractivity contribution in [2.75, 3.05) is 25.0 Å². The molecular weight excluding hydrogens is 135 g/mol. The predicted molar refractivity (Wildman–Crippen MR) is 32.3 cm³/mol. The van der Waals surface area contributed by atoms with E-state index in [1.807, 2.05) is 0 Å². The number of alkyl halides is 2. The number of rotatable bonds is 1. The maximum absolute atomic E-state index is 5.05. The summed E-state index contributed by atoms with van der Waals surface area (Å²) in [7, 11) is 0. The van der Waals surface area contributed by atoms with Gasteiger partial charge in [0.05, 0.1) is 13.2 Å². The fourth-order valence-electron chi connectivity index (χ4n) is 0. The summed E-state index contributed by atoms with van der Waals surface area (Å²) in [5.41, 5.74) is 0. The second-order valence-corrected chi connectivity index (χ2v) is 1.75. The standard InChI is InChI=1S/C2H4Cl2.C2H4O/c3-1-2-4;1-2-3-1/h1-2H2;1-2H2. The third-order valence-corrected chi connectivity index (χ3v) is 0.847. The van der Waals surface area contributed by atoms with Crippen LogP contribution in [-0.4, -0.2) is 25.0 Å². The molecule has 0 unspecified atom stereocenters. The Morgan fingerprint density at radius 1 is 1.14 bits per heavy atom. The van der Waals surface area contributed by atoms with Gasteiger partial charge in [0.1, 0.15) is 0 Å². The van der Waals surface area contributed by atoms with Gasteiger partial charge in [0.25, 0.3) is 0 Å². The SMILES string of the molecule is C1CO1.ClCCCl. The highest BCUT2D eigenvalue weighted by atomic mass is 35.5. The smallest absolute Gasteiger partial charge is 0.0701 e. The third kappa shape index (κ3) is 20.9. The van der Waals surface area contributed by atoms with Gasteiger partial charge in [0, 0.05) is 11.8 Å². The second kappa shape index (κ2) is 6.54. The molecule has 0 spiro atoms. The molecule has 0 aromatic carbocycles. The third-order valence-electron chi connectivity index (χ3n) is 0.276. The molecule has 0 saturated carbocycles. The zero-order valence-corrected chi connectivity index (χ0v) is 5.50. The van der Waals surface area contributed by atoms with Crippen molar-refractivity contribution in [3.8, 4) is 0 Å². The first kappa shape index (κ1) is 7.54. The van der Waals surface area contributed by atoms with Crippen LogP contribution in [0.4, 0.5) is 0 Å². The van der Waals surface area contributed by atoms with Crippen molar-refractivity contribution in [1.82, 2.24) is 0 Å². The van der Waals surface area contributed by atoms with Crippen molar-refractivity contribution in [2.24, 2.45) is 0 Å². The average Bonchev–Trinajstić information content (AvgIpc) is 2.47. The molecule has 1 nitrogen and oxygen atoms in total. The largest absolute Gasteiger partial charge is 0.377 e. The highest BCUT2D eigenvalue weighted by Crippen LogP contribution is 1.84. The van der Waals surface area contributed by atoms with Crippen LogP contribution in [0.25, 0.3) is 0 Å². The van der Waals surface area contributed by atoms with Crippen LogP contribution in [0.1, 0.15) is 0 Å². The van der Waals surface area contributed by atoms with Gasteiger partial charge in [-0.05, 0) is 0 Å². The van der Waals surface area contributed by atoms with E-state index in [1.165, 1.54) is 0 Å². The highest BCUT2D eigenvalue weighted by molar-refractivity contribution is 6.25. The van der Waals surface area contributed by atoms with Crippen molar-refractivity contribution in [1.29, 1.82) is 0 Å². The van der Waals surface area contributed by atoms with E-state index >= 15 is 0 Å². The van der Waals surface area contributed by atoms with E-state index in [1.54, 1.807) is 0 Å². The molecule has 1 aliphatic rings. The van der Waals surface area contributed by atoms with Gasteiger partial charge in [-0.3, -0.25) is 0 Å². The zero-order valence-electron chi connectivity index (χ0n) is 3.99. The molecule has 1 heterocycles. The molecular formula is C4H8Cl2O. The summed E-state index contributed by atoms with van der Waals surface area (Å²) in [4.78, 5) is 0. The van der Waals surface area contributed by atoms with Crippen molar-refractivity contribution in [3.63, 3.8) is 0 Å². The van der Waals surface area contributed by atoms with E-state index in [4.69, 9.17) is 23.2 Å². The zero-order chi connectivity index (χ0) is 5.54. The lowest BCUT2D eigenvalue weighted by Crippen LogP contribution is -1.63. The molecule has 44 valence electrons. The molecule has 0 bridgehead atoms. The first-order valence-electron chi connectivity index (χ1n) is 2.11. The number of epoxide rings is 1. The molecule has 1 rings (SSSR count). The normalized spacial score (nSPS) is 14.6. The predicted octanol–water partition coefficient (Wildman–Crippen LogP) is 1.48. The number of hydrogen-bond acceptors (Lipinski definition) is 1. The van der Waals surface area contributed by atoms with Crippen LogP contribution in [0.3, 0.4) is 0 Å². The minimum atomic E-state index is 0.557. The van der Waals surface area contributed by atoms with Crippen LogP contribution in [0, 0.1) is 0 Å². The van der Waals surface area contributed by atoms with Crippen molar-refractivity contribution in [2.45, 2.75) is 0 Å². The van der Waals surface area contributed by atoms with Crippen molar-refractivity contribution in [3.05, 3.63) is 0 Å². The van der Waals surface area contributed by atoms with Crippen molar-refractivity contribution < 1.29 is 4.74 Å². The van der Waals surface area contributed by atoms with E-state index in [2.05, 4.69) is 4.74 Å². The Bertz CT molecular complexity index is 26.1. The summed E-state index contributed by atoms with van der Waals surface area (Å²) in [6.07, 6.45) is 0. The van der Waals surface area contributed by atoms with Crippen molar-refractivity contribution >= 4 is 23.2 Å². The summed E-state index contributed by atoms with van der Waals surface area (Å²) in [6.45, 7) is 2.00. The molecule has 1 saturated heterocycles. The number of hydrogen-bond donors (Lipinski definition) is 0. The molecule has 0 N–H and O–H groups in total. The lowest BCUT2D eigenvalue weighted by molar-refractivity contribution is 0.475. The van der Waals surface area contributed by atoms with Gasteiger partial charge < -0.3 is 4.74 Å². The van der Waals surface area contributed by atoms with Gasteiger partial charge in [-0.1, -0.05) is 0 Å². The Labute approximate surface area is 53.6 Å². The fraction of sp³-hybridized carbons (Fsp3) is 1.00. The van der Waals surface area contributed by atoms with E-state index in [-0.39, 0.29) is 0 Å². The quantitative estimate of drug-likeness (QED) is 0.400. The molecule has 1 aliphatic heterocycles. The molecule has 0 aromatic rings. The van der Waals surface area contributed by atoms with Gasteiger partial charge in [-0.25, -0.2) is 0 Å². The summed E-state index contributed by atoms with van der Waals surface area (Å²) < 4.78 is 4.50. The lowest BCUT2D eigenvalue weighted by Gasteiger charge is -1.63. The molecule has 7 heavy (non-hydrogen) atoms. The molecule has 0 aliphatic carbocycles. The number of ether oxygens (including phenoxy) is 1. The van der Waals surface area contributed by atoms with Crippen LogP contribution in [0.5, 0.6) is 0 Å². The molecule has 0 amide bonds. The summed E-state index contributed by atoms with van der Waals surface area (Å²) in [6, 6.07) is 0. The molecule has 3 heteroatoms. The topological polar surface area (TPSA) is 12.5 Å². The second-order valence-electron chi connectivity index (χ2n) is 0.990. The van der Waals surface area contributed by atoms with E-state index < -0.39 is 0 Å². The fourth-order valence-corrected chi connectivity index (χ4v) is 0. The van der Waals surface area contributed by atoms with Crippen LogP contribution in [-0.2, 0) is 4.74 Å². The summed E-state index contributed by atoms with van der Waals surface area (Å²) in [5, 5.41) is 0. The monoisotopic (exact) mass is 142 g/mol. The van der Waals surface area contributed by atoms with Gasteiger partial charge >= 0.3 is 0 Å². The molecule has 0 aromatic heterocycles. The Kier molecular flexibility index (Phi) is 7.04. The van der Waals surface area contributed by atoms with Gasteiger partial charge in [-0.15, -0.1) is 23.2 Å². The summed E-state index contributed by atoms with van der Waals surface area (Å²) in [5.74, 6) is 1.11. The minimum Gasteiger partial charge on any atom is -0.377 e. The molecule has 0 radical (unpaired) electrons. The minimum absolute atomic E-state index is 0.557. The van der Waals surface area contributed by atoms with Crippen LogP contribution in [0.15, 0.2) is 0 Å². The first-order chi connectivity index (χ1) is 3.41. The van der Waals surface area contributed by atoms with Crippen LogP contribution in [0.2, 0.25) is 0 Å². The van der Waals surface area contributed by atoms with E-state index in [0.717, 1.165) is 13.2 Å². The molecule has 1 fully saturated rings. The van der Waals surface area contributed by atoms with Crippen LogP contribution < -0.4 is 0 Å². The Balaban J connectivity index is 0.000000105. The summed E-state index contributed by atoms with van der Waals surface area (Å²) >= 11 is 10.1. The maximum Gasteiger partial charge on any atom is 0.0701 e. The van der Waals surface area contributed by atoms with Gasteiger partial charge in [0.15, 0.2) is 0 Å². The first-order valence-corrected chi connectivity index (χ1v) is 3.18. The average molecular weight is 143 g/mol. The Hall–Kier alpha value is 0.540. The maximum atomic E-state index is 5.05. The van der Waals surface area contributed by atoms with Gasteiger partial charge in [-0.2, -0.15) is 0 Å². The van der Waals surface area contributed by atoms with E-state index in [9.17, 15) is 0 Å². The number of halogens is 2. The van der Waals surface area contributed by atoms with E-state index in [0.29, 0.717) is 11.8 Å².